The van der Waals surface area contributed by atoms with Gasteiger partial charge in [-0.15, -0.1) is 0 Å². The summed E-state index contributed by atoms with van der Waals surface area (Å²) in [6, 6.07) is 6.75. The molecule has 2 saturated heterocycles. The maximum atomic E-state index is 12.7. The van der Waals surface area contributed by atoms with Crippen molar-refractivity contribution < 1.29 is 17.9 Å². The molecule has 7 nitrogen and oxygen atoms in total. The Labute approximate surface area is 160 Å². The second kappa shape index (κ2) is 7.31. The predicted molar refractivity (Wildman–Crippen MR) is 103 cm³/mol. The number of hydrogen-bond acceptors (Lipinski definition) is 5. The molecule has 1 aromatic rings. The smallest absolute Gasteiger partial charge is 0.320 e. The third-order valence-electron chi connectivity index (χ3n) is 5.95. The largest absolute Gasteiger partial charge is 0.493 e. The van der Waals surface area contributed by atoms with E-state index in [1.54, 1.807) is 4.90 Å². The molecule has 3 aliphatic heterocycles. The lowest BCUT2D eigenvalue weighted by molar-refractivity contribution is 0.0963. The van der Waals surface area contributed by atoms with Crippen molar-refractivity contribution >= 4 is 15.9 Å². The third kappa shape index (κ3) is 3.91. The molecule has 2 fully saturated rings. The van der Waals surface area contributed by atoms with Gasteiger partial charge < -0.3 is 14.5 Å². The molecule has 2 amide bonds. The molecular weight excluding hydrogens is 366 g/mol. The number of rotatable bonds is 2. The average molecular weight is 394 g/mol. The van der Waals surface area contributed by atoms with E-state index >= 15 is 0 Å². The van der Waals surface area contributed by atoms with Crippen LogP contribution >= 0.6 is 0 Å². The minimum absolute atomic E-state index is 0.0249. The molecule has 8 heteroatoms. The normalized spacial score (nSPS) is 23.6. The summed E-state index contributed by atoms with van der Waals surface area (Å²) in [5, 5.41) is 0. The number of carbonyl (C=O) groups excluding carboxylic acids is 1. The molecule has 1 unspecified atom stereocenters. The first-order chi connectivity index (χ1) is 12.9. The van der Waals surface area contributed by atoms with Crippen LogP contribution in [0.5, 0.6) is 5.75 Å². The second-order valence-electron chi connectivity index (χ2n) is 7.59. The van der Waals surface area contributed by atoms with E-state index in [2.05, 4.69) is 30.0 Å². The van der Waals surface area contributed by atoms with Gasteiger partial charge in [0.25, 0.3) is 0 Å². The number of nitrogens with zero attached hydrogens (tertiary/aromatic N) is 3. The van der Waals surface area contributed by atoms with Crippen molar-refractivity contribution in [1.82, 2.24) is 14.7 Å². The van der Waals surface area contributed by atoms with E-state index in [4.69, 9.17) is 4.74 Å². The highest BCUT2D eigenvalue weighted by Gasteiger charge is 2.31. The van der Waals surface area contributed by atoms with Gasteiger partial charge in [0, 0.05) is 51.7 Å². The predicted octanol–water partition coefficient (Wildman–Crippen LogP) is 1.15. The monoisotopic (exact) mass is 393 g/mol. The second-order valence-corrected chi connectivity index (χ2v) is 9.89. The zero-order chi connectivity index (χ0) is 19.0. The third-order valence-corrected chi connectivity index (χ3v) is 7.56. The number of ether oxygens (including phenoxy) is 1. The van der Waals surface area contributed by atoms with Crippen LogP contribution in [-0.4, -0.2) is 86.5 Å². The number of hydrogen-bond donors (Lipinski definition) is 0. The van der Waals surface area contributed by atoms with Crippen LogP contribution in [0.1, 0.15) is 24.1 Å². The molecular formula is C19H27N3O4S. The van der Waals surface area contributed by atoms with Gasteiger partial charge in [-0.1, -0.05) is 12.1 Å². The molecule has 0 spiro atoms. The highest BCUT2D eigenvalue weighted by Crippen LogP contribution is 2.31. The Balaban J connectivity index is 1.32. The standard InChI is InChI=1S/C19H27N3O4S/c1-15(17-3-2-16-4-11-26-18(16)14-17)20-5-7-21(8-6-20)19(23)22-9-12-27(24,25)13-10-22/h2-3,14-15H,4-13H2,1H3. The lowest BCUT2D eigenvalue weighted by atomic mass is 10.0. The lowest BCUT2D eigenvalue weighted by Gasteiger charge is -2.40. The minimum atomic E-state index is -2.97. The van der Waals surface area contributed by atoms with E-state index in [-0.39, 0.29) is 23.6 Å². The number of sulfone groups is 1. The molecule has 0 aromatic heterocycles. The van der Waals surface area contributed by atoms with Gasteiger partial charge in [-0.2, -0.15) is 0 Å². The van der Waals surface area contributed by atoms with Gasteiger partial charge in [-0.25, -0.2) is 13.2 Å². The first kappa shape index (κ1) is 18.6. The summed E-state index contributed by atoms with van der Waals surface area (Å²) in [5.41, 5.74) is 2.53. The van der Waals surface area contributed by atoms with Crippen LogP contribution < -0.4 is 4.74 Å². The molecule has 1 atom stereocenters. The topological polar surface area (TPSA) is 70.2 Å². The molecule has 0 saturated carbocycles. The Hall–Kier alpha value is -1.80. The number of carbonyl (C=O) groups is 1. The molecule has 3 heterocycles. The first-order valence-electron chi connectivity index (χ1n) is 9.67. The summed E-state index contributed by atoms with van der Waals surface area (Å²) >= 11 is 0. The highest BCUT2D eigenvalue weighted by atomic mass is 32.2. The molecule has 0 N–H and O–H groups in total. The van der Waals surface area contributed by atoms with Crippen LogP contribution in [0.3, 0.4) is 0 Å². The number of urea groups is 1. The van der Waals surface area contributed by atoms with Crippen molar-refractivity contribution in [2.75, 3.05) is 57.4 Å². The molecule has 4 rings (SSSR count). The van der Waals surface area contributed by atoms with E-state index in [0.29, 0.717) is 26.2 Å². The quantitative estimate of drug-likeness (QED) is 0.754. The molecule has 0 aliphatic carbocycles. The van der Waals surface area contributed by atoms with Crippen molar-refractivity contribution in [3.05, 3.63) is 29.3 Å². The zero-order valence-corrected chi connectivity index (χ0v) is 16.6. The van der Waals surface area contributed by atoms with Crippen molar-refractivity contribution in [3.8, 4) is 5.75 Å². The fourth-order valence-corrected chi connectivity index (χ4v) is 5.26. The van der Waals surface area contributed by atoms with Crippen LogP contribution in [-0.2, 0) is 16.3 Å². The van der Waals surface area contributed by atoms with E-state index in [0.717, 1.165) is 31.9 Å². The maximum absolute atomic E-state index is 12.7. The Kier molecular flexibility index (Phi) is 5.03. The van der Waals surface area contributed by atoms with E-state index in [1.165, 1.54) is 11.1 Å². The Morgan fingerprint density at radius 1 is 1.04 bits per heavy atom. The lowest BCUT2D eigenvalue weighted by Crippen LogP contribution is -2.55. The van der Waals surface area contributed by atoms with Crippen LogP contribution in [0, 0.1) is 0 Å². The van der Waals surface area contributed by atoms with E-state index in [1.807, 2.05) is 4.90 Å². The summed E-state index contributed by atoms with van der Waals surface area (Å²) in [5.74, 6) is 1.17. The zero-order valence-electron chi connectivity index (χ0n) is 15.8. The van der Waals surface area contributed by atoms with Crippen LogP contribution in [0.2, 0.25) is 0 Å². The summed E-state index contributed by atoms with van der Waals surface area (Å²) in [4.78, 5) is 18.6. The average Bonchev–Trinajstić information content (AvgIpc) is 3.15. The molecule has 1 aromatic carbocycles. The van der Waals surface area contributed by atoms with Gasteiger partial charge in [0.05, 0.1) is 18.1 Å². The number of amides is 2. The van der Waals surface area contributed by atoms with Crippen molar-refractivity contribution in [1.29, 1.82) is 0 Å². The van der Waals surface area contributed by atoms with E-state index < -0.39 is 9.84 Å². The highest BCUT2D eigenvalue weighted by molar-refractivity contribution is 7.91. The summed E-state index contributed by atoms with van der Waals surface area (Å²) < 4.78 is 28.8. The SMILES string of the molecule is CC(c1ccc2c(c1)OCC2)N1CCN(C(=O)N2CCS(=O)(=O)CC2)CC1. The molecule has 148 valence electrons. The van der Waals surface area contributed by atoms with Crippen LogP contribution in [0.4, 0.5) is 4.79 Å². The fourth-order valence-electron chi connectivity index (χ4n) is 4.06. The summed E-state index contributed by atoms with van der Waals surface area (Å²) in [6.45, 7) is 6.57. The van der Waals surface area contributed by atoms with E-state index in [9.17, 15) is 13.2 Å². The molecule has 0 bridgehead atoms. The van der Waals surface area contributed by atoms with Gasteiger partial charge in [-0.05, 0) is 24.1 Å². The van der Waals surface area contributed by atoms with Gasteiger partial charge in [0.15, 0.2) is 9.84 Å². The van der Waals surface area contributed by atoms with Crippen molar-refractivity contribution in [3.63, 3.8) is 0 Å². The number of benzene rings is 1. The Morgan fingerprint density at radius 2 is 1.70 bits per heavy atom. The summed E-state index contributed by atoms with van der Waals surface area (Å²) in [7, 11) is -2.97. The molecule has 0 radical (unpaired) electrons. The van der Waals surface area contributed by atoms with Gasteiger partial charge in [0.1, 0.15) is 5.75 Å². The van der Waals surface area contributed by atoms with Crippen LogP contribution in [0.15, 0.2) is 18.2 Å². The minimum Gasteiger partial charge on any atom is -0.493 e. The van der Waals surface area contributed by atoms with Gasteiger partial charge in [-0.3, -0.25) is 4.90 Å². The fraction of sp³-hybridized carbons (Fsp3) is 0.632. The summed E-state index contributed by atoms with van der Waals surface area (Å²) in [6.07, 6.45) is 0.989. The van der Waals surface area contributed by atoms with Crippen molar-refractivity contribution in [2.45, 2.75) is 19.4 Å². The van der Waals surface area contributed by atoms with Crippen LogP contribution in [0.25, 0.3) is 0 Å². The Morgan fingerprint density at radius 3 is 2.41 bits per heavy atom. The molecule has 3 aliphatic rings. The van der Waals surface area contributed by atoms with Gasteiger partial charge in [0.2, 0.25) is 0 Å². The number of fused-ring (bicyclic) bond motifs is 1. The maximum Gasteiger partial charge on any atom is 0.320 e. The van der Waals surface area contributed by atoms with Crippen molar-refractivity contribution in [2.24, 2.45) is 0 Å². The Bertz CT molecular complexity index is 804. The molecule has 27 heavy (non-hydrogen) atoms. The first-order valence-corrected chi connectivity index (χ1v) is 11.5. The van der Waals surface area contributed by atoms with Gasteiger partial charge >= 0.3 is 6.03 Å². The number of piperazine rings is 1.